The summed E-state index contributed by atoms with van der Waals surface area (Å²) >= 11 is 0. The highest BCUT2D eigenvalue weighted by Gasteiger charge is 2.12. The molecule has 12 heavy (non-hydrogen) atoms. The van der Waals surface area contributed by atoms with Crippen LogP contribution in [0.2, 0.25) is 0 Å². The fourth-order valence-corrected chi connectivity index (χ4v) is 1.48. The van der Waals surface area contributed by atoms with Gasteiger partial charge in [0.25, 0.3) is 0 Å². The van der Waals surface area contributed by atoms with Gasteiger partial charge < -0.3 is 4.90 Å². The Balaban J connectivity index is 2.42. The van der Waals surface area contributed by atoms with Crippen LogP contribution in [0.5, 0.6) is 0 Å². The van der Waals surface area contributed by atoms with Crippen molar-refractivity contribution in [1.29, 1.82) is 0 Å². The third-order valence-corrected chi connectivity index (χ3v) is 2.17. The van der Waals surface area contributed by atoms with Crippen molar-refractivity contribution in [2.75, 3.05) is 6.67 Å². The van der Waals surface area contributed by atoms with E-state index in [-0.39, 0.29) is 0 Å². The third kappa shape index (κ3) is 2.32. The van der Waals surface area contributed by atoms with Crippen molar-refractivity contribution in [2.24, 2.45) is 9.98 Å². The van der Waals surface area contributed by atoms with Crippen LogP contribution in [0.3, 0.4) is 0 Å². The van der Waals surface area contributed by atoms with Crippen molar-refractivity contribution in [3.63, 3.8) is 0 Å². The minimum absolute atomic E-state index is 0.621. The fraction of sp³-hybridized carbons (Fsp3) is 0.778. The van der Waals surface area contributed by atoms with Gasteiger partial charge >= 0.3 is 0 Å². The van der Waals surface area contributed by atoms with Crippen LogP contribution in [-0.2, 0) is 0 Å². The van der Waals surface area contributed by atoms with E-state index in [0.29, 0.717) is 6.04 Å². The molecule has 3 nitrogen and oxygen atoms in total. The van der Waals surface area contributed by atoms with E-state index in [1.165, 1.54) is 19.3 Å². The van der Waals surface area contributed by atoms with Crippen molar-refractivity contribution >= 4 is 12.7 Å². The lowest BCUT2D eigenvalue weighted by molar-refractivity contribution is 0.299. The molecule has 0 amide bonds. The third-order valence-electron chi connectivity index (χ3n) is 2.17. The Bertz CT molecular complexity index is 175. The first-order valence-corrected chi connectivity index (χ1v) is 4.65. The van der Waals surface area contributed by atoms with E-state index in [9.17, 15) is 0 Å². The molecular formula is C9H17N3. The lowest BCUT2D eigenvalue weighted by Gasteiger charge is -2.28. The molecule has 1 heterocycles. The van der Waals surface area contributed by atoms with Crippen LogP contribution in [0.4, 0.5) is 0 Å². The summed E-state index contributed by atoms with van der Waals surface area (Å²) in [5, 5.41) is 0. The van der Waals surface area contributed by atoms with Crippen molar-refractivity contribution < 1.29 is 0 Å². The van der Waals surface area contributed by atoms with E-state index >= 15 is 0 Å². The Labute approximate surface area is 74.2 Å². The van der Waals surface area contributed by atoms with E-state index in [0.717, 1.165) is 6.67 Å². The number of nitrogens with zero attached hydrogens (tertiary/aromatic N) is 3. The summed E-state index contributed by atoms with van der Waals surface area (Å²) in [7, 11) is 0. The molecule has 0 bridgehead atoms. The molecule has 1 rings (SSSR count). The average Bonchev–Trinajstić information content (AvgIpc) is 2.15. The van der Waals surface area contributed by atoms with Crippen LogP contribution in [0.15, 0.2) is 9.98 Å². The second-order valence-electron chi connectivity index (χ2n) is 3.07. The summed E-state index contributed by atoms with van der Waals surface area (Å²) in [4.78, 5) is 10.3. The molecule has 1 atom stereocenters. The Morgan fingerprint density at radius 3 is 2.83 bits per heavy atom. The molecule has 0 aliphatic carbocycles. The standard InChI is InChI=1S/C9H17N3/c1-3-5-9(4-2)12-7-10-6-11-8-12/h6-7,9H,3-5,8H2,1-2H3. The number of hydrogen-bond acceptors (Lipinski definition) is 3. The van der Waals surface area contributed by atoms with Gasteiger partial charge in [-0.3, -0.25) is 4.99 Å². The maximum absolute atomic E-state index is 4.11. The smallest absolute Gasteiger partial charge is 0.113 e. The molecule has 0 aromatic carbocycles. The molecule has 0 saturated heterocycles. The first-order valence-electron chi connectivity index (χ1n) is 4.65. The van der Waals surface area contributed by atoms with Gasteiger partial charge in [-0.15, -0.1) is 0 Å². The summed E-state index contributed by atoms with van der Waals surface area (Å²) in [6.07, 6.45) is 7.16. The average molecular weight is 167 g/mol. The van der Waals surface area contributed by atoms with E-state index in [2.05, 4.69) is 28.7 Å². The van der Waals surface area contributed by atoms with Gasteiger partial charge in [0.2, 0.25) is 0 Å². The van der Waals surface area contributed by atoms with Crippen molar-refractivity contribution in [1.82, 2.24) is 4.90 Å². The normalized spacial score (nSPS) is 18.3. The SMILES string of the molecule is CCCC(CC)N1C=NC=NC1. The minimum atomic E-state index is 0.621. The molecule has 0 fully saturated rings. The lowest BCUT2D eigenvalue weighted by atomic mass is 10.1. The van der Waals surface area contributed by atoms with Crippen molar-refractivity contribution in [3.8, 4) is 0 Å². The molecule has 68 valence electrons. The van der Waals surface area contributed by atoms with Crippen molar-refractivity contribution in [2.45, 2.75) is 39.2 Å². The van der Waals surface area contributed by atoms with E-state index in [1.807, 2.05) is 6.34 Å². The fourth-order valence-electron chi connectivity index (χ4n) is 1.48. The second kappa shape index (κ2) is 4.91. The first kappa shape index (κ1) is 9.23. The quantitative estimate of drug-likeness (QED) is 0.628. The van der Waals surface area contributed by atoms with Gasteiger partial charge in [0.15, 0.2) is 0 Å². The van der Waals surface area contributed by atoms with Crippen LogP contribution in [0.25, 0.3) is 0 Å². The Kier molecular flexibility index (Phi) is 3.77. The lowest BCUT2D eigenvalue weighted by Crippen LogP contribution is -2.35. The predicted octanol–water partition coefficient (Wildman–Crippen LogP) is 1.89. The number of hydrogen-bond donors (Lipinski definition) is 0. The molecule has 0 aromatic rings. The highest BCUT2D eigenvalue weighted by Crippen LogP contribution is 2.10. The molecule has 0 radical (unpaired) electrons. The second-order valence-corrected chi connectivity index (χ2v) is 3.07. The Morgan fingerprint density at radius 2 is 2.33 bits per heavy atom. The summed E-state index contributed by atoms with van der Waals surface area (Å²) in [5.41, 5.74) is 0. The molecular weight excluding hydrogens is 150 g/mol. The highest BCUT2D eigenvalue weighted by molar-refractivity contribution is 5.73. The Hall–Kier alpha value is -0.860. The van der Waals surface area contributed by atoms with E-state index in [4.69, 9.17) is 0 Å². The van der Waals surface area contributed by atoms with Gasteiger partial charge in [0, 0.05) is 6.04 Å². The number of rotatable bonds is 4. The molecule has 0 saturated carbocycles. The first-order chi connectivity index (χ1) is 5.88. The summed E-state index contributed by atoms with van der Waals surface area (Å²) in [6.45, 7) is 5.21. The van der Waals surface area contributed by atoms with Gasteiger partial charge in [-0.2, -0.15) is 0 Å². The van der Waals surface area contributed by atoms with Crippen LogP contribution in [0, 0.1) is 0 Å². The topological polar surface area (TPSA) is 28.0 Å². The molecule has 0 N–H and O–H groups in total. The monoisotopic (exact) mass is 167 g/mol. The van der Waals surface area contributed by atoms with Gasteiger partial charge in [0.1, 0.15) is 13.0 Å². The number of aliphatic imine (C=N–C) groups is 2. The molecule has 0 spiro atoms. The van der Waals surface area contributed by atoms with E-state index < -0.39 is 0 Å². The van der Waals surface area contributed by atoms with Crippen LogP contribution < -0.4 is 0 Å². The minimum Gasteiger partial charge on any atom is -0.340 e. The molecule has 1 unspecified atom stereocenters. The summed E-state index contributed by atoms with van der Waals surface area (Å²) < 4.78 is 0. The van der Waals surface area contributed by atoms with Gasteiger partial charge in [-0.1, -0.05) is 20.3 Å². The van der Waals surface area contributed by atoms with Crippen molar-refractivity contribution in [3.05, 3.63) is 0 Å². The maximum atomic E-state index is 4.11. The molecule has 3 heteroatoms. The zero-order valence-electron chi connectivity index (χ0n) is 7.90. The highest BCUT2D eigenvalue weighted by atomic mass is 15.3. The summed E-state index contributed by atoms with van der Waals surface area (Å²) in [5.74, 6) is 0. The van der Waals surface area contributed by atoms with Gasteiger partial charge in [-0.25, -0.2) is 4.99 Å². The zero-order valence-corrected chi connectivity index (χ0v) is 7.90. The summed E-state index contributed by atoms with van der Waals surface area (Å²) in [6, 6.07) is 0.621. The Morgan fingerprint density at radius 1 is 1.50 bits per heavy atom. The molecule has 1 aliphatic heterocycles. The predicted molar refractivity (Wildman–Crippen MR) is 52.7 cm³/mol. The maximum Gasteiger partial charge on any atom is 0.113 e. The zero-order chi connectivity index (χ0) is 8.81. The van der Waals surface area contributed by atoms with Gasteiger partial charge in [-0.05, 0) is 12.8 Å². The largest absolute Gasteiger partial charge is 0.340 e. The molecule has 0 aromatic heterocycles. The molecule has 1 aliphatic rings. The van der Waals surface area contributed by atoms with Crippen LogP contribution >= 0.6 is 0 Å². The van der Waals surface area contributed by atoms with E-state index in [1.54, 1.807) is 6.34 Å². The van der Waals surface area contributed by atoms with Gasteiger partial charge in [0.05, 0.1) is 6.34 Å². The van der Waals surface area contributed by atoms with Crippen LogP contribution in [0.1, 0.15) is 33.1 Å². The van der Waals surface area contributed by atoms with Crippen LogP contribution in [-0.4, -0.2) is 30.3 Å².